The number of benzene rings is 2. The third-order valence-electron chi connectivity index (χ3n) is 6.73. The molecule has 0 atom stereocenters. The predicted molar refractivity (Wildman–Crippen MR) is 145 cm³/mol. The summed E-state index contributed by atoms with van der Waals surface area (Å²) in [5, 5.41) is 2.82. The molecule has 1 saturated heterocycles. The van der Waals surface area contributed by atoms with Crippen LogP contribution < -0.4 is 19.3 Å². The zero-order chi connectivity index (χ0) is 28.1. The van der Waals surface area contributed by atoms with Crippen molar-refractivity contribution in [1.29, 1.82) is 0 Å². The fourth-order valence-corrected chi connectivity index (χ4v) is 6.54. The number of hydrogen-bond acceptors (Lipinski definition) is 7. The number of nitrogens with one attached hydrogen (secondary N) is 1. The number of nitrogens with zero attached hydrogens (tertiary/aromatic N) is 4. The summed E-state index contributed by atoms with van der Waals surface area (Å²) in [7, 11) is -3.57. The van der Waals surface area contributed by atoms with E-state index in [-0.39, 0.29) is 52.7 Å². The molecule has 2 aliphatic heterocycles. The van der Waals surface area contributed by atoms with Crippen molar-refractivity contribution in [3.05, 3.63) is 54.0 Å². The molecule has 5 rings (SSSR count). The first-order valence-electron chi connectivity index (χ1n) is 12.7. The lowest BCUT2D eigenvalue weighted by Crippen LogP contribution is -2.49. The van der Waals surface area contributed by atoms with E-state index in [1.165, 1.54) is 18.2 Å². The fourth-order valence-electron chi connectivity index (χ4n) is 4.90. The largest absolute Gasteiger partial charge is 0.481 e. The van der Waals surface area contributed by atoms with Crippen LogP contribution in [-0.2, 0) is 10.0 Å². The highest BCUT2D eigenvalue weighted by Crippen LogP contribution is 2.43. The number of ether oxygens (including phenoxy) is 1. The minimum Gasteiger partial charge on any atom is -0.481 e. The molecule has 0 bridgehead atoms. The molecule has 2 aliphatic rings. The lowest BCUT2D eigenvalue weighted by atomic mass is 10.0. The maximum Gasteiger partial charge on any atom is 0.235 e. The molecule has 12 heteroatoms. The Labute approximate surface area is 225 Å². The van der Waals surface area contributed by atoms with Crippen molar-refractivity contribution >= 4 is 33.0 Å². The molecule has 8 nitrogen and oxygen atoms in total. The molecule has 0 amide bonds. The van der Waals surface area contributed by atoms with Gasteiger partial charge in [-0.1, -0.05) is 0 Å². The second-order valence-corrected chi connectivity index (χ2v) is 12.7. The van der Waals surface area contributed by atoms with Crippen molar-refractivity contribution in [2.24, 2.45) is 0 Å². The van der Waals surface area contributed by atoms with Gasteiger partial charge >= 0.3 is 0 Å². The van der Waals surface area contributed by atoms with E-state index < -0.39 is 33.1 Å². The van der Waals surface area contributed by atoms with E-state index in [4.69, 9.17) is 4.74 Å². The van der Waals surface area contributed by atoms with E-state index in [1.807, 2.05) is 32.6 Å². The summed E-state index contributed by atoms with van der Waals surface area (Å²) < 4.78 is 76.8. The van der Waals surface area contributed by atoms with Gasteiger partial charge in [0.2, 0.25) is 16.0 Å². The van der Waals surface area contributed by atoms with Gasteiger partial charge in [-0.25, -0.2) is 31.6 Å². The Morgan fingerprint density at radius 2 is 1.79 bits per heavy atom. The van der Waals surface area contributed by atoms with Crippen LogP contribution >= 0.6 is 0 Å². The minimum absolute atomic E-state index is 0.0270. The number of aromatic nitrogens is 2. The molecule has 3 heterocycles. The van der Waals surface area contributed by atoms with E-state index in [1.54, 1.807) is 6.07 Å². The van der Waals surface area contributed by atoms with E-state index in [2.05, 4.69) is 15.3 Å². The van der Waals surface area contributed by atoms with Crippen LogP contribution in [0.3, 0.4) is 0 Å². The van der Waals surface area contributed by atoms with Gasteiger partial charge in [0, 0.05) is 23.8 Å². The lowest BCUT2D eigenvalue weighted by molar-refractivity contribution is 0.0967. The van der Waals surface area contributed by atoms with Crippen molar-refractivity contribution in [3.63, 3.8) is 0 Å². The summed E-state index contributed by atoms with van der Waals surface area (Å²) in [6.07, 6.45) is 2.14. The van der Waals surface area contributed by atoms with Gasteiger partial charge in [0.15, 0.2) is 17.4 Å². The number of hydrogen-bond donors (Lipinski definition) is 1. The molecule has 39 heavy (non-hydrogen) atoms. The van der Waals surface area contributed by atoms with Crippen molar-refractivity contribution in [1.82, 2.24) is 9.97 Å². The summed E-state index contributed by atoms with van der Waals surface area (Å²) in [4.78, 5) is 10.2. The molecule has 1 N–H and O–H groups in total. The number of anilines is 4. The van der Waals surface area contributed by atoms with E-state index in [0.717, 1.165) is 16.6 Å². The summed E-state index contributed by atoms with van der Waals surface area (Å²) >= 11 is 0. The molecular weight excluding hydrogens is 531 g/mol. The first-order chi connectivity index (χ1) is 18.3. The third kappa shape index (κ3) is 5.34. The number of halogens is 3. The highest BCUT2D eigenvalue weighted by atomic mass is 32.2. The number of rotatable bonds is 5. The van der Waals surface area contributed by atoms with Crippen LogP contribution in [0.25, 0.3) is 11.3 Å². The zero-order valence-corrected chi connectivity index (χ0v) is 22.9. The number of fused-ring (bicyclic) bond motifs is 1. The zero-order valence-electron chi connectivity index (χ0n) is 22.1. The van der Waals surface area contributed by atoms with E-state index >= 15 is 4.39 Å². The molecule has 2 aromatic carbocycles. The Kier molecular flexibility index (Phi) is 6.86. The molecule has 0 saturated carbocycles. The molecular formula is C27H30F3N5O3S. The third-order valence-corrected chi connectivity index (χ3v) is 8.58. The normalized spacial score (nSPS) is 18.1. The minimum atomic E-state index is -3.57. The number of sulfonamides is 1. The van der Waals surface area contributed by atoms with Crippen LogP contribution in [0.2, 0.25) is 0 Å². The topological polar surface area (TPSA) is 87.7 Å². The van der Waals surface area contributed by atoms with Crippen molar-refractivity contribution in [2.75, 3.05) is 33.4 Å². The quantitative estimate of drug-likeness (QED) is 0.433. The van der Waals surface area contributed by atoms with Crippen molar-refractivity contribution < 1.29 is 26.3 Å². The van der Waals surface area contributed by atoms with Crippen LogP contribution in [0.1, 0.15) is 40.5 Å². The monoisotopic (exact) mass is 561 g/mol. The van der Waals surface area contributed by atoms with Crippen LogP contribution in [0.5, 0.6) is 5.75 Å². The Hall–Kier alpha value is -3.54. The molecule has 0 radical (unpaired) electrons. The van der Waals surface area contributed by atoms with Crippen LogP contribution in [0.15, 0.2) is 36.5 Å². The Bertz CT molecular complexity index is 1530. The van der Waals surface area contributed by atoms with Crippen LogP contribution in [0, 0.1) is 17.5 Å². The average molecular weight is 562 g/mol. The highest BCUT2D eigenvalue weighted by molar-refractivity contribution is 7.92. The Balaban J connectivity index is 1.46. The van der Waals surface area contributed by atoms with Gasteiger partial charge in [0.25, 0.3) is 0 Å². The van der Waals surface area contributed by atoms with Gasteiger partial charge < -0.3 is 15.0 Å². The first kappa shape index (κ1) is 27.0. The van der Waals surface area contributed by atoms with Gasteiger partial charge in [-0.05, 0) is 70.9 Å². The molecule has 0 aliphatic carbocycles. The van der Waals surface area contributed by atoms with Gasteiger partial charge in [-0.15, -0.1) is 0 Å². The van der Waals surface area contributed by atoms with Gasteiger partial charge in [-0.2, -0.15) is 0 Å². The SMILES string of the molecule is CC(C)N1CC(C)(C)Oc2c(F)cc(-c3nc(Nc4ccc(N5CCCCS5(=O)=O)c(F)c4)ncc3F)cc21. The standard InChI is InChI=1S/C27H30F3N5O3S/c1-16(2)34-15-27(3,4)38-25-20(29)11-17(12-23(25)34)24-21(30)14-31-26(33-24)32-18-7-8-22(19(28)13-18)35-9-5-6-10-39(35,36)37/h7-8,11-14,16H,5-6,9-10,15H2,1-4H3,(H,31,32,33). The van der Waals surface area contributed by atoms with Crippen molar-refractivity contribution in [3.8, 4) is 17.0 Å². The Morgan fingerprint density at radius 3 is 2.49 bits per heavy atom. The van der Waals surface area contributed by atoms with E-state index in [9.17, 15) is 17.2 Å². The average Bonchev–Trinajstić information content (AvgIpc) is 2.85. The summed E-state index contributed by atoms with van der Waals surface area (Å²) in [5.41, 5.74) is 0.142. The summed E-state index contributed by atoms with van der Waals surface area (Å²) in [6.45, 7) is 8.44. The molecule has 1 fully saturated rings. The van der Waals surface area contributed by atoms with Crippen molar-refractivity contribution in [2.45, 2.75) is 52.2 Å². The molecule has 0 unspecified atom stereocenters. The first-order valence-corrected chi connectivity index (χ1v) is 14.3. The summed E-state index contributed by atoms with van der Waals surface area (Å²) in [6, 6.07) is 6.83. The highest BCUT2D eigenvalue weighted by Gasteiger charge is 2.35. The molecule has 0 spiro atoms. The summed E-state index contributed by atoms with van der Waals surface area (Å²) in [5.74, 6) is -2.10. The van der Waals surface area contributed by atoms with Gasteiger partial charge in [-0.3, -0.25) is 4.31 Å². The molecule has 1 aromatic heterocycles. The second-order valence-electron chi connectivity index (χ2n) is 10.7. The van der Waals surface area contributed by atoms with E-state index in [0.29, 0.717) is 25.1 Å². The maximum atomic E-state index is 15.2. The fraction of sp³-hybridized carbons (Fsp3) is 0.407. The van der Waals surface area contributed by atoms with Crippen LogP contribution in [0.4, 0.5) is 36.2 Å². The predicted octanol–water partition coefficient (Wildman–Crippen LogP) is 5.62. The molecule has 208 valence electrons. The maximum absolute atomic E-state index is 15.2. The Morgan fingerprint density at radius 1 is 1.03 bits per heavy atom. The van der Waals surface area contributed by atoms with Gasteiger partial charge in [0.05, 0.1) is 29.9 Å². The lowest BCUT2D eigenvalue weighted by Gasteiger charge is -2.43. The smallest absolute Gasteiger partial charge is 0.235 e. The second kappa shape index (κ2) is 9.89. The molecule has 3 aromatic rings. The van der Waals surface area contributed by atoms with Crippen LogP contribution in [-0.4, -0.2) is 48.9 Å². The van der Waals surface area contributed by atoms with Gasteiger partial charge in [0.1, 0.15) is 17.1 Å².